The molecule has 9 nitrogen and oxygen atoms in total. The van der Waals surface area contributed by atoms with Gasteiger partial charge in [0.2, 0.25) is 11.8 Å². The molecule has 0 aromatic heterocycles. The lowest BCUT2D eigenvalue weighted by molar-refractivity contribution is -0.122. The summed E-state index contributed by atoms with van der Waals surface area (Å²) in [6.07, 6.45) is 25.0. The summed E-state index contributed by atoms with van der Waals surface area (Å²) >= 11 is 1.92. The summed E-state index contributed by atoms with van der Waals surface area (Å²) in [5, 5.41) is 22.7. The van der Waals surface area contributed by atoms with Gasteiger partial charge in [-0.1, -0.05) is 69.4 Å². The Labute approximate surface area is 343 Å². The summed E-state index contributed by atoms with van der Waals surface area (Å²) in [6, 6.07) is 0.431. The molecule has 5 N–H and O–H groups in total. The molecular weight excluding hydrogens is 721 g/mol. The lowest BCUT2D eigenvalue weighted by Gasteiger charge is -2.44. The van der Waals surface area contributed by atoms with Crippen molar-refractivity contribution in [2.75, 3.05) is 25.4 Å². The molecule has 5 fully saturated rings. The zero-order chi connectivity index (χ0) is 40.1. The van der Waals surface area contributed by atoms with Gasteiger partial charge in [-0.15, -0.1) is 0 Å². The average molecular weight is 797 g/mol. The van der Waals surface area contributed by atoms with E-state index in [0.717, 1.165) is 88.7 Å². The molecule has 5 rings (SSSR count). The zero-order valence-corrected chi connectivity index (χ0v) is 36.2. The Morgan fingerprint density at radius 2 is 1.75 bits per heavy atom. The van der Waals surface area contributed by atoms with E-state index in [1.807, 2.05) is 25.6 Å². The maximum Gasteiger partial charge on any atom is 0.315 e. The van der Waals surface area contributed by atoms with Crippen LogP contribution in [-0.2, 0) is 14.3 Å². The summed E-state index contributed by atoms with van der Waals surface area (Å²) in [5.41, 5.74) is 4.06. The van der Waals surface area contributed by atoms with Crippen LogP contribution in [0.1, 0.15) is 156 Å². The average Bonchev–Trinajstić information content (AvgIpc) is 3.82. The monoisotopic (exact) mass is 797 g/mol. The van der Waals surface area contributed by atoms with Gasteiger partial charge in [-0.25, -0.2) is 4.79 Å². The first kappa shape index (κ1) is 44.8. The maximum atomic E-state index is 12.4. The fourth-order valence-electron chi connectivity index (χ4n) is 10.6. The van der Waals surface area contributed by atoms with Gasteiger partial charge in [0, 0.05) is 43.5 Å². The molecule has 10 heteroatoms. The van der Waals surface area contributed by atoms with E-state index in [9.17, 15) is 19.5 Å². The number of aliphatic hydroxyl groups is 1. The first-order valence-corrected chi connectivity index (χ1v) is 23.5. The summed E-state index contributed by atoms with van der Waals surface area (Å²) in [5.74, 6) is 3.31. The molecule has 5 aliphatic rings. The van der Waals surface area contributed by atoms with E-state index in [4.69, 9.17) is 4.74 Å². The molecule has 0 aromatic rings. The zero-order valence-electron chi connectivity index (χ0n) is 35.4. The molecule has 3 saturated carbocycles. The van der Waals surface area contributed by atoms with Gasteiger partial charge < -0.3 is 31.1 Å². The van der Waals surface area contributed by atoms with Gasteiger partial charge in [-0.05, 0) is 132 Å². The Kier molecular flexibility index (Phi) is 17.3. The first-order valence-electron chi connectivity index (χ1n) is 22.5. The largest absolute Gasteiger partial charge is 0.390 e. The molecule has 2 saturated heterocycles. The number of rotatable bonds is 22. The van der Waals surface area contributed by atoms with Crippen LogP contribution >= 0.6 is 11.8 Å². The van der Waals surface area contributed by atoms with Crippen LogP contribution in [0.15, 0.2) is 35.5 Å². The minimum absolute atomic E-state index is 0.0506. The number of fused-ring (bicyclic) bond motifs is 2. The smallest absolute Gasteiger partial charge is 0.315 e. The van der Waals surface area contributed by atoms with Crippen molar-refractivity contribution in [3.63, 3.8) is 0 Å². The van der Waals surface area contributed by atoms with Crippen molar-refractivity contribution in [1.29, 1.82) is 0 Å². The third-order valence-corrected chi connectivity index (χ3v) is 15.3. The molecule has 2 aliphatic heterocycles. The molecule has 4 amide bonds. The van der Waals surface area contributed by atoms with Crippen molar-refractivity contribution in [3.05, 3.63) is 35.5 Å². The molecule has 316 valence electrons. The molecule has 2 heterocycles. The Morgan fingerprint density at radius 3 is 2.52 bits per heavy atom. The van der Waals surface area contributed by atoms with Gasteiger partial charge >= 0.3 is 6.03 Å². The van der Waals surface area contributed by atoms with Crippen molar-refractivity contribution >= 4 is 29.6 Å². The number of carbonyl (C=O) groups excluding carboxylic acids is 3. The molecule has 3 aliphatic carbocycles. The minimum atomic E-state index is -0.565. The van der Waals surface area contributed by atoms with Crippen LogP contribution in [-0.4, -0.2) is 77.4 Å². The lowest BCUT2D eigenvalue weighted by atomic mass is 9.60. The van der Waals surface area contributed by atoms with E-state index in [0.29, 0.717) is 55.0 Å². The van der Waals surface area contributed by atoms with E-state index >= 15 is 0 Å². The maximum absolute atomic E-state index is 12.4. The standard InChI is InChI=1S/C46H76N4O5S/c1-32-19-22-36(30-35(32)21-20-34-15-12-26-46(5)37(23-24-38(34)46)33(2)14-11-25-45(3,4)54)55-29-13-28-48-41(51)17-7-6-10-27-47-42(52)18-9-8-16-40-43-39(31-56-40)49-44(53)50-43/h20-21,33,36-40,43,54H,1,6-19,22-31H2,2-5H3,(H,47,52)(H,48,51)(H2,49,50,53)/b34-20+,35-21-/t33-,36+,37-,38+,39?,40?,43?,46-/m1/s1. The highest BCUT2D eigenvalue weighted by Gasteiger charge is 2.50. The number of unbranched alkanes of at least 4 members (excludes halogenated alkanes) is 3. The Morgan fingerprint density at radius 1 is 1.00 bits per heavy atom. The van der Waals surface area contributed by atoms with E-state index in [2.05, 4.69) is 53.8 Å². The second kappa shape index (κ2) is 21.6. The van der Waals surface area contributed by atoms with Gasteiger partial charge in [0.15, 0.2) is 0 Å². The number of hydrogen-bond acceptors (Lipinski definition) is 6. The number of amides is 4. The SMILES string of the molecule is C=C1CC[C@H](OCCCNC(=O)CCCCCNC(=O)CCCCC2SCC3NC(=O)NC32)C/C1=C/C=C1\CCC[C@]2(C)[C@@H]([C@H](C)CCCC(C)(C)O)CC[C@@H]12. The molecular formula is C46H76N4O5S. The molecule has 8 atom stereocenters. The number of hydrogen-bond donors (Lipinski definition) is 5. The van der Waals surface area contributed by atoms with E-state index in [1.165, 1.54) is 49.7 Å². The molecule has 0 aromatic carbocycles. The molecule has 0 radical (unpaired) electrons. The highest BCUT2D eigenvalue weighted by molar-refractivity contribution is 8.00. The predicted molar refractivity (Wildman–Crippen MR) is 229 cm³/mol. The number of urea groups is 1. The predicted octanol–water partition coefficient (Wildman–Crippen LogP) is 8.67. The van der Waals surface area contributed by atoms with Gasteiger partial charge in [-0.2, -0.15) is 11.8 Å². The second-order valence-corrected chi connectivity index (χ2v) is 20.1. The fourth-order valence-corrected chi connectivity index (χ4v) is 12.2. The van der Waals surface area contributed by atoms with Gasteiger partial charge in [0.25, 0.3) is 0 Å². The molecule has 56 heavy (non-hydrogen) atoms. The van der Waals surface area contributed by atoms with Crippen molar-refractivity contribution in [2.24, 2.45) is 23.2 Å². The van der Waals surface area contributed by atoms with Crippen molar-refractivity contribution < 1.29 is 24.2 Å². The van der Waals surface area contributed by atoms with E-state index in [1.54, 1.807) is 5.57 Å². The van der Waals surface area contributed by atoms with Gasteiger partial charge in [0.1, 0.15) is 0 Å². The number of carbonyl (C=O) groups is 3. The summed E-state index contributed by atoms with van der Waals surface area (Å²) in [7, 11) is 0. The van der Waals surface area contributed by atoms with E-state index in [-0.39, 0.29) is 36.0 Å². The Balaban J connectivity index is 0.891. The quantitative estimate of drug-likeness (QED) is 0.0551. The third-order valence-electron chi connectivity index (χ3n) is 13.8. The van der Waals surface area contributed by atoms with Crippen LogP contribution in [0.3, 0.4) is 0 Å². The third kappa shape index (κ3) is 13.4. The van der Waals surface area contributed by atoms with Crippen LogP contribution in [0, 0.1) is 23.2 Å². The normalized spacial score (nSPS) is 30.9. The van der Waals surface area contributed by atoms with Crippen LogP contribution in [0.4, 0.5) is 4.79 Å². The highest BCUT2D eigenvalue weighted by atomic mass is 32.2. The Bertz CT molecular complexity index is 1390. The number of ether oxygens (including phenoxy) is 1. The van der Waals surface area contributed by atoms with Crippen LogP contribution in [0.2, 0.25) is 0 Å². The topological polar surface area (TPSA) is 129 Å². The molecule has 0 spiro atoms. The number of nitrogens with one attached hydrogen (secondary N) is 4. The van der Waals surface area contributed by atoms with Crippen LogP contribution in [0.5, 0.6) is 0 Å². The molecule has 3 unspecified atom stereocenters. The van der Waals surface area contributed by atoms with E-state index < -0.39 is 5.60 Å². The highest BCUT2D eigenvalue weighted by Crippen LogP contribution is 2.60. The summed E-state index contributed by atoms with van der Waals surface area (Å²) in [6.45, 7) is 15.3. The number of thioether (sulfide) groups is 1. The van der Waals surface area contributed by atoms with Gasteiger partial charge in [0.05, 0.1) is 23.8 Å². The summed E-state index contributed by atoms with van der Waals surface area (Å²) < 4.78 is 6.31. The fraction of sp³-hybridized carbons (Fsp3) is 0.804. The lowest BCUT2D eigenvalue weighted by Crippen LogP contribution is -2.36. The van der Waals surface area contributed by atoms with Crippen molar-refractivity contribution in [1.82, 2.24) is 21.3 Å². The number of allylic oxidation sites excluding steroid dienone is 4. The van der Waals surface area contributed by atoms with Gasteiger partial charge in [-0.3, -0.25) is 9.59 Å². The Hall–Kier alpha value is -2.30. The van der Waals surface area contributed by atoms with Crippen molar-refractivity contribution in [3.8, 4) is 0 Å². The summed E-state index contributed by atoms with van der Waals surface area (Å²) in [4.78, 5) is 36.2. The molecule has 0 bridgehead atoms. The van der Waals surface area contributed by atoms with Crippen molar-refractivity contribution in [2.45, 2.75) is 185 Å². The van der Waals surface area contributed by atoms with Crippen LogP contribution < -0.4 is 21.3 Å². The van der Waals surface area contributed by atoms with Crippen LogP contribution in [0.25, 0.3) is 0 Å². The minimum Gasteiger partial charge on any atom is -0.390 e. The second-order valence-electron chi connectivity index (χ2n) is 18.8. The first-order chi connectivity index (χ1) is 26.8.